The fourth-order valence-corrected chi connectivity index (χ4v) is 1.51. The van der Waals surface area contributed by atoms with Crippen molar-refractivity contribution in [1.29, 1.82) is 0 Å². The van der Waals surface area contributed by atoms with Gasteiger partial charge in [0.15, 0.2) is 5.78 Å². The minimum atomic E-state index is -0.0674. The summed E-state index contributed by atoms with van der Waals surface area (Å²) in [7, 11) is 0. The molecule has 2 nitrogen and oxygen atoms in total. The number of allylic oxidation sites excluding steroid dienone is 1. The predicted molar refractivity (Wildman–Crippen MR) is 63.4 cm³/mol. The Hall–Kier alpha value is -2.09. The summed E-state index contributed by atoms with van der Waals surface area (Å²) < 4.78 is 5.49. The maximum atomic E-state index is 11.3. The Labute approximate surface area is 94.2 Å². The van der Waals surface area contributed by atoms with Gasteiger partial charge in [0.25, 0.3) is 0 Å². The first kappa shape index (κ1) is 10.4. The quantitative estimate of drug-likeness (QED) is 0.574. The normalized spacial score (nSPS) is 10.1. The third-order valence-corrected chi connectivity index (χ3v) is 2.38. The van der Waals surface area contributed by atoms with Crippen molar-refractivity contribution in [2.24, 2.45) is 0 Å². The first-order valence-corrected chi connectivity index (χ1v) is 5.04. The van der Waals surface area contributed by atoms with E-state index in [1.54, 1.807) is 12.1 Å². The lowest BCUT2D eigenvalue weighted by Gasteiger charge is -1.99. The first-order valence-electron chi connectivity index (χ1n) is 5.04. The van der Waals surface area contributed by atoms with Gasteiger partial charge in [0.1, 0.15) is 11.5 Å². The summed E-state index contributed by atoms with van der Waals surface area (Å²) >= 11 is 0. The molecule has 0 saturated heterocycles. The van der Waals surface area contributed by atoms with Crippen LogP contribution in [-0.4, -0.2) is 5.78 Å². The van der Waals surface area contributed by atoms with E-state index in [9.17, 15) is 4.79 Å². The topological polar surface area (TPSA) is 30.2 Å². The average Bonchev–Trinajstić information content (AvgIpc) is 2.75. The van der Waals surface area contributed by atoms with Gasteiger partial charge in [-0.15, -0.1) is 0 Å². The van der Waals surface area contributed by atoms with E-state index in [1.165, 1.54) is 6.08 Å². The number of aryl methyl sites for hydroxylation is 1. The molecule has 2 rings (SSSR count). The minimum absolute atomic E-state index is 0.0674. The van der Waals surface area contributed by atoms with Gasteiger partial charge in [0, 0.05) is 11.1 Å². The zero-order chi connectivity index (χ0) is 11.5. The third kappa shape index (κ3) is 1.96. The Bertz CT molecular complexity index is 518. The molecule has 0 saturated carbocycles. The van der Waals surface area contributed by atoms with E-state index >= 15 is 0 Å². The fraction of sp³-hybridized carbons (Fsp3) is 0.0714. The lowest BCUT2D eigenvalue weighted by molar-refractivity contribution is 0.104. The van der Waals surface area contributed by atoms with Crippen LogP contribution in [-0.2, 0) is 0 Å². The van der Waals surface area contributed by atoms with Crippen molar-refractivity contribution >= 4 is 5.78 Å². The zero-order valence-corrected chi connectivity index (χ0v) is 9.07. The Balaban J connectivity index is 2.32. The highest BCUT2D eigenvalue weighted by Crippen LogP contribution is 2.22. The number of rotatable bonds is 3. The number of carbonyl (C=O) groups excluding carboxylic acids is 1. The molecular formula is C14H12O2. The summed E-state index contributed by atoms with van der Waals surface area (Å²) in [4.78, 5) is 11.3. The lowest BCUT2D eigenvalue weighted by Crippen LogP contribution is -1.92. The highest BCUT2D eigenvalue weighted by molar-refractivity contribution is 6.04. The summed E-state index contributed by atoms with van der Waals surface area (Å²) in [5, 5.41) is 0. The van der Waals surface area contributed by atoms with Crippen LogP contribution in [0.1, 0.15) is 16.1 Å². The van der Waals surface area contributed by atoms with Crippen molar-refractivity contribution < 1.29 is 9.21 Å². The summed E-state index contributed by atoms with van der Waals surface area (Å²) in [5.41, 5.74) is 1.61. The molecule has 1 heterocycles. The van der Waals surface area contributed by atoms with Crippen LogP contribution in [0.4, 0.5) is 0 Å². The van der Waals surface area contributed by atoms with Crippen molar-refractivity contribution in [3.63, 3.8) is 0 Å². The van der Waals surface area contributed by atoms with E-state index in [0.717, 1.165) is 17.1 Å². The van der Waals surface area contributed by atoms with Crippen LogP contribution >= 0.6 is 0 Å². The molecule has 0 aliphatic rings. The van der Waals surface area contributed by atoms with Crippen molar-refractivity contribution in [3.05, 3.63) is 60.4 Å². The molecule has 80 valence electrons. The second-order valence-corrected chi connectivity index (χ2v) is 3.56. The molecule has 0 aliphatic heterocycles. The summed E-state index contributed by atoms with van der Waals surface area (Å²) in [6, 6.07) is 11.1. The molecule has 2 aromatic rings. The summed E-state index contributed by atoms with van der Waals surface area (Å²) in [5.74, 6) is 1.62. The first-order chi connectivity index (χ1) is 7.70. The number of furan rings is 1. The average molecular weight is 212 g/mol. The van der Waals surface area contributed by atoms with Crippen LogP contribution in [0.15, 0.2) is 53.5 Å². The van der Waals surface area contributed by atoms with Gasteiger partial charge < -0.3 is 4.42 Å². The van der Waals surface area contributed by atoms with Gasteiger partial charge in [0.2, 0.25) is 0 Å². The molecule has 0 bridgehead atoms. The third-order valence-electron chi connectivity index (χ3n) is 2.38. The van der Waals surface area contributed by atoms with Crippen molar-refractivity contribution in [2.45, 2.75) is 6.92 Å². The van der Waals surface area contributed by atoms with Crippen molar-refractivity contribution in [1.82, 2.24) is 0 Å². The van der Waals surface area contributed by atoms with Gasteiger partial charge in [0.05, 0.1) is 0 Å². The molecule has 16 heavy (non-hydrogen) atoms. The molecule has 0 aliphatic carbocycles. The van der Waals surface area contributed by atoms with Crippen LogP contribution in [0.5, 0.6) is 0 Å². The number of benzene rings is 1. The predicted octanol–water partition coefficient (Wildman–Crippen LogP) is 3.62. The molecule has 0 fully saturated rings. The van der Waals surface area contributed by atoms with E-state index in [0.29, 0.717) is 5.56 Å². The van der Waals surface area contributed by atoms with Crippen molar-refractivity contribution in [3.8, 4) is 11.3 Å². The highest BCUT2D eigenvalue weighted by Gasteiger charge is 2.04. The Morgan fingerprint density at radius 1 is 1.19 bits per heavy atom. The SMILES string of the molecule is C=CC(=O)c1ccc(-c2ccc(C)o2)cc1. The molecule has 0 N–H and O–H groups in total. The van der Waals surface area contributed by atoms with E-state index in [4.69, 9.17) is 4.42 Å². The van der Waals surface area contributed by atoms with E-state index in [2.05, 4.69) is 6.58 Å². The maximum absolute atomic E-state index is 11.3. The monoisotopic (exact) mass is 212 g/mol. The molecule has 0 unspecified atom stereocenters. The van der Waals surface area contributed by atoms with Gasteiger partial charge in [-0.2, -0.15) is 0 Å². The highest BCUT2D eigenvalue weighted by atomic mass is 16.3. The number of hydrogen-bond acceptors (Lipinski definition) is 2. The second-order valence-electron chi connectivity index (χ2n) is 3.56. The van der Waals surface area contributed by atoms with Gasteiger partial charge in [-0.1, -0.05) is 30.8 Å². The number of ketones is 1. The molecule has 1 aromatic carbocycles. The van der Waals surface area contributed by atoms with E-state index in [-0.39, 0.29) is 5.78 Å². The van der Waals surface area contributed by atoms with Gasteiger partial charge in [-0.3, -0.25) is 4.79 Å². The number of hydrogen-bond donors (Lipinski definition) is 0. The molecule has 0 amide bonds. The largest absolute Gasteiger partial charge is 0.461 e. The Morgan fingerprint density at radius 3 is 2.38 bits per heavy atom. The van der Waals surface area contributed by atoms with Gasteiger partial charge >= 0.3 is 0 Å². The van der Waals surface area contributed by atoms with E-state index in [1.807, 2.05) is 31.2 Å². The maximum Gasteiger partial charge on any atom is 0.185 e. The molecule has 0 radical (unpaired) electrons. The van der Waals surface area contributed by atoms with Crippen LogP contribution in [0, 0.1) is 6.92 Å². The zero-order valence-electron chi connectivity index (χ0n) is 9.07. The van der Waals surface area contributed by atoms with Crippen molar-refractivity contribution in [2.75, 3.05) is 0 Å². The second kappa shape index (κ2) is 4.19. The molecule has 1 aromatic heterocycles. The fourth-order valence-electron chi connectivity index (χ4n) is 1.51. The summed E-state index contributed by atoms with van der Waals surface area (Å²) in [6.45, 7) is 5.35. The Morgan fingerprint density at radius 2 is 1.88 bits per heavy atom. The van der Waals surface area contributed by atoms with Crippen LogP contribution in [0.2, 0.25) is 0 Å². The molecule has 0 atom stereocenters. The molecule has 0 spiro atoms. The minimum Gasteiger partial charge on any atom is -0.461 e. The smallest absolute Gasteiger partial charge is 0.185 e. The summed E-state index contributed by atoms with van der Waals surface area (Å²) in [6.07, 6.45) is 1.31. The number of carbonyl (C=O) groups is 1. The van der Waals surface area contributed by atoms with Crippen LogP contribution in [0.3, 0.4) is 0 Å². The molecule has 2 heteroatoms. The lowest BCUT2D eigenvalue weighted by atomic mass is 10.1. The van der Waals surface area contributed by atoms with Crippen LogP contribution < -0.4 is 0 Å². The Kier molecular flexibility index (Phi) is 2.73. The van der Waals surface area contributed by atoms with Crippen LogP contribution in [0.25, 0.3) is 11.3 Å². The standard InChI is InChI=1S/C14H12O2/c1-3-13(15)11-5-7-12(8-6-11)14-9-4-10(2)16-14/h3-9H,1H2,2H3. The van der Waals surface area contributed by atoms with Gasteiger partial charge in [-0.25, -0.2) is 0 Å². The van der Waals surface area contributed by atoms with Gasteiger partial charge in [-0.05, 0) is 25.1 Å². The van der Waals surface area contributed by atoms with E-state index < -0.39 is 0 Å². The molecular weight excluding hydrogens is 200 g/mol.